The van der Waals surface area contributed by atoms with Gasteiger partial charge in [0.25, 0.3) is 5.92 Å². The van der Waals surface area contributed by atoms with Gasteiger partial charge in [-0.3, -0.25) is 14.2 Å². The average molecular weight is 1250 g/mol. The minimum atomic E-state index is -5.26. The molecule has 3 aromatic heterocycles. The molecule has 0 unspecified atom stereocenters. The van der Waals surface area contributed by atoms with Gasteiger partial charge in [-0.2, -0.15) is 49.6 Å². The maximum absolute atomic E-state index is 15.7. The molecule has 82 heavy (non-hydrogen) atoms. The summed E-state index contributed by atoms with van der Waals surface area (Å²) in [6, 6.07) is 4.33. The Bertz CT molecular complexity index is 3700. The summed E-state index contributed by atoms with van der Waals surface area (Å²) in [6.45, 7) is -2.28. The van der Waals surface area contributed by atoms with Crippen molar-refractivity contribution in [1.82, 2.24) is 34.8 Å². The Morgan fingerprint density at radius 2 is 1.59 bits per heavy atom. The number of amides is 3. The van der Waals surface area contributed by atoms with E-state index in [9.17, 15) is 70.9 Å². The van der Waals surface area contributed by atoms with Gasteiger partial charge in [-0.1, -0.05) is 30.5 Å². The van der Waals surface area contributed by atoms with E-state index in [1.165, 1.54) is 13.8 Å². The number of benzene rings is 2. The van der Waals surface area contributed by atoms with Crippen molar-refractivity contribution < 1.29 is 103 Å². The Morgan fingerprint density at radius 3 is 2.17 bits per heavy atom. The number of sulfone groups is 1. The van der Waals surface area contributed by atoms with E-state index in [0.29, 0.717) is 12.3 Å². The zero-order valence-electron chi connectivity index (χ0n) is 43.1. The lowest BCUT2D eigenvalue weighted by molar-refractivity contribution is -0.143. The van der Waals surface area contributed by atoms with E-state index in [-0.39, 0.29) is 49.9 Å². The summed E-state index contributed by atoms with van der Waals surface area (Å²) in [5, 5.41) is 8.32. The maximum Gasteiger partial charge on any atom is 0.472 e. The first-order valence-electron chi connectivity index (χ1n) is 23.8. The number of ether oxygens (including phenoxy) is 2. The molecule has 3 amide bonds. The minimum absolute atomic E-state index is 0.145. The standard InChI is InChI=1S/C47H46ClF10N8O13PS2/c1-6-13-63(42(68)78-23-79-80(70,71)72)14-15-77-43(69)66(82(5,75)76)41-36-32(48)10-9-29(38(36)65(62-41)22-45(51,52)53)28-8-7-27(11-12-44(2,3)81(4,73)74)59-37(28)33(18-24-16-25(49)19-26(50)17-24)60-34(67)21-64-40-35(39(61-64)47(56,57)58)30-20-31(30)46(40,54)55/h7-10,16-17,19,30-31,33H,6,13-15,18,20-23H2,1-5H3,(H,60,67)(H2,70,71,72)/t30-,31+,33-/m0/s1. The normalized spacial score (nSPS) is 16.4. The Morgan fingerprint density at radius 1 is 0.939 bits per heavy atom. The first kappa shape index (κ1) is 63.0. The van der Waals surface area contributed by atoms with Crippen molar-refractivity contribution >= 4 is 74.1 Å². The van der Waals surface area contributed by atoms with Gasteiger partial charge in [-0.15, -0.1) is 0 Å². The summed E-state index contributed by atoms with van der Waals surface area (Å²) in [4.78, 5) is 64.0. The third-order valence-corrected chi connectivity index (χ3v) is 16.4. The van der Waals surface area contributed by atoms with Gasteiger partial charge in [0.05, 0.1) is 40.5 Å². The van der Waals surface area contributed by atoms with E-state index < -0.39 is 188 Å². The number of hydrogen-bond donors (Lipinski definition) is 3. The van der Waals surface area contributed by atoms with E-state index in [1.54, 1.807) is 6.92 Å². The quantitative estimate of drug-likeness (QED) is 0.0305. The Balaban J connectivity index is 1.40. The molecule has 0 saturated heterocycles. The molecule has 2 aliphatic carbocycles. The maximum atomic E-state index is 15.7. The lowest BCUT2D eigenvalue weighted by atomic mass is 9.93. The van der Waals surface area contributed by atoms with Crippen LogP contribution in [0.15, 0.2) is 42.5 Å². The van der Waals surface area contributed by atoms with Gasteiger partial charge in [0.2, 0.25) is 22.7 Å². The number of hydrogen-bond acceptors (Lipinski definition) is 14. The SMILES string of the molecule is CCCN(CCOC(=O)N(c1nn(CC(F)(F)F)c2c(-c3ccc(C#CC(C)(C)S(C)(=O)=O)nc3[C@H](Cc3cc(F)cc(F)c3)NC(=O)Cn3nc(C(F)(F)F)c4c3C(F)(F)[C@@H]3C[C@H]43)ccc(Cl)c12)S(C)(=O)=O)C(=O)OCOP(=O)(O)O. The van der Waals surface area contributed by atoms with E-state index >= 15 is 8.78 Å². The third-order valence-electron chi connectivity index (χ3n) is 12.7. The monoisotopic (exact) mass is 1250 g/mol. The summed E-state index contributed by atoms with van der Waals surface area (Å²) in [7, 11) is -14.1. The molecule has 3 heterocycles. The molecular formula is C47H46ClF10N8O13PS2. The number of phosphoric ester groups is 1. The summed E-state index contributed by atoms with van der Waals surface area (Å²) < 4.78 is 224. The van der Waals surface area contributed by atoms with Crippen molar-refractivity contribution in [2.24, 2.45) is 5.92 Å². The number of nitrogens with one attached hydrogen (secondary N) is 1. The second-order valence-electron chi connectivity index (χ2n) is 19.3. The molecule has 0 spiro atoms. The summed E-state index contributed by atoms with van der Waals surface area (Å²) in [6.07, 6.45) is -13.2. The van der Waals surface area contributed by atoms with Crippen LogP contribution in [-0.2, 0) is 74.8 Å². The fourth-order valence-corrected chi connectivity index (χ4v) is 10.3. The van der Waals surface area contributed by atoms with Crippen molar-refractivity contribution in [2.75, 3.05) is 43.3 Å². The van der Waals surface area contributed by atoms with Gasteiger partial charge in [-0.05, 0) is 80.8 Å². The molecule has 0 bridgehead atoms. The van der Waals surface area contributed by atoms with Gasteiger partial charge in [0.15, 0.2) is 21.3 Å². The molecule has 1 fully saturated rings. The van der Waals surface area contributed by atoms with Gasteiger partial charge < -0.3 is 29.5 Å². The molecule has 0 radical (unpaired) electrons. The van der Waals surface area contributed by atoms with Crippen molar-refractivity contribution in [1.29, 1.82) is 0 Å². The number of nitrogens with zero attached hydrogens (tertiary/aromatic N) is 7. The Kier molecular flexibility index (Phi) is 17.6. The fraction of sp³-hybridized carbons (Fsp3) is 0.447. The van der Waals surface area contributed by atoms with Gasteiger partial charge in [0, 0.05) is 41.5 Å². The van der Waals surface area contributed by atoms with Gasteiger partial charge >= 0.3 is 32.4 Å². The van der Waals surface area contributed by atoms with Crippen LogP contribution in [0.2, 0.25) is 5.02 Å². The number of carbonyl (C=O) groups is 3. The first-order chi connectivity index (χ1) is 37.7. The number of fused-ring (bicyclic) bond motifs is 4. The molecule has 1 saturated carbocycles. The van der Waals surface area contributed by atoms with Crippen LogP contribution < -0.4 is 9.62 Å². The number of alkyl halides is 8. The predicted octanol–water partition coefficient (Wildman–Crippen LogP) is 8.11. The minimum Gasteiger partial charge on any atom is -0.447 e. The topological polar surface area (TPSA) is 272 Å². The molecule has 3 atom stereocenters. The Hall–Kier alpha value is -6.56. The van der Waals surface area contributed by atoms with Gasteiger partial charge in [-0.25, -0.2) is 49.3 Å². The van der Waals surface area contributed by atoms with Crippen LogP contribution in [0.1, 0.15) is 79.5 Å². The molecule has 2 aromatic carbocycles. The Labute approximate surface area is 464 Å². The number of carbonyl (C=O) groups excluding carboxylic acids is 3. The summed E-state index contributed by atoms with van der Waals surface area (Å²) in [5.74, 6) is -6.50. The highest BCUT2D eigenvalue weighted by molar-refractivity contribution is 7.93. The molecule has 2 aliphatic rings. The van der Waals surface area contributed by atoms with Crippen LogP contribution in [0.5, 0.6) is 0 Å². The van der Waals surface area contributed by atoms with Crippen LogP contribution >= 0.6 is 19.4 Å². The second kappa shape index (κ2) is 22.9. The summed E-state index contributed by atoms with van der Waals surface area (Å²) >= 11 is 6.65. The van der Waals surface area contributed by atoms with Crippen LogP contribution in [-0.4, -0.2) is 124 Å². The highest BCUT2D eigenvalue weighted by Gasteiger charge is 2.68. The lowest BCUT2D eigenvalue weighted by Gasteiger charge is -2.23. The van der Waals surface area contributed by atoms with Crippen molar-refractivity contribution in [3.05, 3.63) is 93.0 Å². The molecule has 5 aromatic rings. The number of pyridine rings is 1. The fourth-order valence-electron chi connectivity index (χ4n) is 8.88. The third kappa shape index (κ3) is 14.1. The van der Waals surface area contributed by atoms with Crippen LogP contribution in [0.4, 0.5) is 59.3 Å². The van der Waals surface area contributed by atoms with Crippen LogP contribution in [0.3, 0.4) is 0 Å². The molecule has 3 N–H and O–H groups in total. The van der Waals surface area contributed by atoms with Gasteiger partial charge in [0.1, 0.15) is 47.5 Å². The zero-order chi connectivity index (χ0) is 61.0. The number of aromatic nitrogens is 5. The molecule has 35 heteroatoms. The number of phosphoric acid groups is 1. The van der Waals surface area contributed by atoms with Crippen molar-refractivity contribution in [3.63, 3.8) is 0 Å². The number of sulfonamides is 1. The molecule has 446 valence electrons. The lowest BCUT2D eigenvalue weighted by Crippen LogP contribution is -2.40. The van der Waals surface area contributed by atoms with E-state index in [4.69, 9.17) is 26.1 Å². The van der Waals surface area contributed by atoms with E-state index in [1.807, 2.05) is 0 Å². The largest absolute Gasteiger partial charge is 0.472 e. The smallest absolute Gasteiger partial charge is 0.447 e. The van der Waals surface area contributed by atoms with E-state index in [0.717, 1.165) is 47.6 Å². The van der Waals surface area contributed by atoms with E-state index in [2.05, 4.69) is 41.6 Å². The van der Waals surface area contributed by atoms with Crippen LogP contribution in [0.25, 0.3) is 22.0 Å². The second-order valence-corrected chi connectivity index (χ2v) is 25.3. The zero-order valence-corrected chi connectivity index (χ0v) is 46.4. The molecule has 7 rings (SSSR count). The van der Waals surface area contributed by atoms with Crippen molar-refractivity contribution in [2.45, 2.75) is 88.1 Å². The number of halogens is 11. The average Bonchev–Trinajstić information content (AvgIpc) is 1.63. The van der Waals surface area contributed by atoms with Crippen LogP contribution in [0, 0.1) is 29.4 Å². The number of anilines is 1. The highest BCUT2D eigenvalue weighted by atomic mass is 35.5. The molecular weight excluding hydrogens is 1210 g/mol. The highest BCUT2D eigenvalue weighted by Crippen LogP contribution is 2.68. The molecule has 0 aliphatic heterocycles. The number of rotatable bonds is 19. The first-order valence-corrected chi connectivity index (χ1v) is 29.5. The van der Waals surface area contributed by atoms with Crippen molar-refractivity contribution in [3.8, 4) is 23.0 Å². The predicted molar refractivity (Wildman–Crippen MR) is 268 cm³/mol. The molecule has 21 nitrogen and oxygen atoms in total. The summed E-state index contributed by atoms with van der Waals surface area (Å²) in [5.41, 5.74) is -6.47.